The number of nitrogens with zero attached hydrogens (tertiary/aromatic N) is 2. The van der Waals surface area contributed by atoms with Crippen molar-refractivity contribution in [2.45, 2.75) is 31.8 Å². The molecule has 2 atom stereocenters. The van der Waals surface area contributed by atoms with Crippen LogP contribution >= 0.6 is 0 Å². The maximum atomic E-state index is 9.24. The lowest BCUT2D eigenvalue weighted by Crippen LogP contribution is -2.29. The second-order valence-electron chi connectivity index (χ2n) is 5.44. The Hall–Kier alpha value is -2.34. The van der Waals surface area contributed by atoms with Crippen LogP contribution in [-0.4, -0.2) is 11.1 Å². The van der Waals surface area contributed by atoms with E-state index in [-0.39, 0.29) is 12.0 Å². The third-order valence-electron chi connectivity index (χ3n) is 4.00. The second-order valence-corrected chi connectivity index (χ2v) is 5.44. The van der Waals surface area contributed by atoms with E-state index in [9.17, 15) is 5.26 Å². The largest absolute Gasteiger partial charge is 0.489 e. The molecule has 1 saturated carbocycles. The molecule has 1 aromatic heterocycles. The fourth-order valence-corrected chi connectivity index (χ4v) is 2.85. The smallest absolute Gasteiger partial charge is 0.120 e. The van der Waals surface area contributed by atoms with Gasteiger partial charge in [0.1, 0.15) is 11.9 Å². The van der Waals surface area contributed by atoms with Gasteiger partial charge in [-0.3, -0.25) is 4.98 Å². The number of rotatable bonds is 3. The minimum Gasteiger partial charge on any atom is -0.489 e. The summed E-state index contributed by atoms with van der Waals surface area (Å²) in [5.41, 5.74) is 2.23. The summed E-state index contributed by atoms with van der Waals surface area (Å²) in [6, 6.07) is 14.4. The maximum Gasteiger partial charge on any atom is 0.120 e. The van der Waals surface area contributed by atoms with Gasteiger partial charge in [-0.15, -0.1) is 0 Å². The van der Waals surface area contributed by atoms with Crippen molar-refractivity contribution in [2.24, 2.45) is 5.92 Å². The highest BCUT2D eigenvalue weighted by atomic mass is 16.5. The van der Waals surface area contributed by atoms with Crippen molar-refractivity contribution in [3.05, 3.63) is 48.8 Å². The average Bonchev–Trinajstić information content (AvgIpc) is 2.56. The van der Waals surface area contributed by atoms with Gasteiger partial charge in [0.05, 0.1) is 12.0 Å². The molecule has 1 heterocycles. The normalized spacial score (nSPS) is 21.5. The van der Waals surface area contributed by atoms with Crippen LogP contribution in [0.1, 0.15) is 25.7 Å². The molecule has 2 aromatic rings. The molecule has 3 nitrogen and oxygen atoms in total. The van der Waals surface area contributed by atoms with Crippen LogP contribution < -0.4 is 4.74 Å². The van der Waals surface area contributed by atoms with Crippen LogP contribution in [0.15, 0.2) is 48.8 Å². The lowest BCUT2D eigenvalue weighted by Gasteiger charge is -2.27. The maximum absolute atomic E-state index is 9.24. The summed E-state index contributed by atoms with van der Waals surface area (Å²) >= 11 is 0. The highest BCUT2D eigenvalue weighted by Gasteiger charge is 2.26. The number of aromatic nitrogens is 1. The first-order chi connectivity index (χ1) is 10.4. The zero-order chi connectivity index (χ0) is 14.5. The quantitative estimate of drug-likeness (QED) is 0.844. The molecule has 1 aromatic carbocycles. The molecule has 1 aliphatic rings. The molecular formula is C18H18N2O. The molecule has 2 unspecified atom stereocenters. The molecular weight excluding hydrogens is 260 g/mol. The van der Waals surface area contributed by atoms with Crippen LogP contribution in [0.5, 0.6) is 5.75 Å². The number of nitriles is 1. The number of pyridine rings is 1. The number of benzene rings is 1. The van der Waals surface area contributed by atoms with Gasteiger partial charge in [0.25, 0.3) is 0 Å². The van der Waals surface area contributed by atoms with E-state index in [0.29, 0.717) is 0 Å². The number of ether oxygens (including phenoxy) is 1. The van der Waals surface area contributed by atoms with E-state index in [4.69, 9.17) is 4.74 Å². The molecule has 0 bridgehead atoms. The first-order valence-electron chi connectivity index (χ1n) is 7.43. The fourth-order valence-electron chi connectivity index (χ4n) is 2.85. The highest BCUT2D eigenvalue weighted by molar-refractivity contribution is 5.64. The monoisotopic (exact) mass is 278 g/mol. The van der Waals surface area contributed by atoms with Crippen molar-refractivity contribution in [3.8, 4) is 22.9 Å². The van der Waals surface area contributed by atoms with Crippen LogP contribution in [0, 0.1) is 17.2 Å². The van der Waals surface area contributed by atoms with Crippen molar-refractivity contribution in [1.29, 1.82) is 5.26 Å². The molecule has 106 valence electrons. The van der Waals surface area contributed by atoms with Crippen molar-refractivity contribution in [3.63, 3.8) is 0 Å². The van der Waals surface area contributed by atoms with E-state index < -0.39 is 0 Å². The summed E-state index contributed by atoms with van der Waals surface area (Å²) in [5.74, 6) is 0.861. The molecule has 1 fully saturated rings. The van der Waals surface area contributed by atoms with Gasteiger partial charge in [0.2, 0.25) is 0 Å². The zero-order valence-corrected chi connectivity index (χ0v) is 11.9. The van der Waals surface area contributed by atoms with Gasteiger partial charge in [0.15, 0.2) is 0 Å². The van der Waals surface area contributed by atoms with Gasteiger partial charge in [0, 0.05) is 12.4 Å². The standard InChI is InChI=1S/C18H18N2O/c19-13-16-4-1-2-7-18(16)21-17-6-3-5-15(12-17)14-8-10-20-11-9-14/h3,5-6,8-12,16,18H,1-2,4,7H2. The van der Waals surface area contributed by atoms with Gasteiger partial charge >= 0.3 is 0 Å². The van der Waals surface area contributed by atoms with Crippen LogP contribution in [0.25, 0.3) is 11.1 Å². The molecule has 0 amide bonds. The van der Waals surface area contributed by atoms with Gasteiger partial charge in [-0.25, -0.2) is 0 Å². The third kappa shape index (κ3) is 3.22. The van der Waals surface area contributed by atoms with E-state index in [1.807, 2.05) is 30.3 Å². The SMILES string of the molecule is N#CC1CCCCC1Oc1cccc(-c2ccncc2)c1. The van der Waals surface area contributed by atoms with E-state index in [1.54, 1.807) is 12.4 Å². The Morgan fingerprint density at radius 2 is 1.86 bits per heavy atom. The average molecular weight is 278 g/mol. The molecule has 3 heteroatoms. The third-order valence-corrected chi connectivity index (χ3v) is 4.00. The topological polar surface area (TPSA) is 45.9 Å². The molecule has 21 heavy (non-hydrogen) atoms. The minimum absolute atomic E-state index is 0.0170. The first kappa shape index (κ1) is 13.6. The van der Waals surface area contributed by atoms with E-state index >= 15 is 0 Å². The zero-order valence-electron chi connectivity index (χ0n) is 11.9. The summed E-state index contributed by atoms with van der Waals surface area (Å²) in [6.45, 7) is 0. The van der Waals surface area contributed by atoms with Gasteiger partial charge in [-0.05, 0) is 54.7 Å². The Labute approximate surface area is 125 Å². The molecule has 0 N–H and O–H groups in total. The summed E-state index contributed by atoms with van der Waals surface area (Å²) in [7, 11) is 0. The van der Waals surface area contributed by atoms with E-state index in [0.717, 1.165) is 42.6 Å². The van der Waals surface area contributed by atoms with Crippen molar-refractivity contribution in [1.82, 2.24) is 4.98 Å². The Morgan fingerprint density at radius 1 is 1.05 bits per heavy atom. The number of hydrogen-bond donors (Lipinski definition) is 0. The molecule has 3 rings (SSSR count). The summed E-state index contributed by atoms with van der Waals surface area (Å²) in [5, 5.41) is 9.24. The summed E-state index contributed by atoms with van der Waals surface area (Å²) in [6.07, 6.45) is 7.80. The first-order valence-corrected chi connectivity index (χ1v) is 7.43. The van der Waals surface area contributed by atoms with Gasteiger partial charge < -0.3 is 4.74 Å². The van der Waals surface area contributed by atoms with Crippen LogP contribution in [0.4, 0.5) is 0 Å². The predicted molar refractivity (Wildman–Crippen MR) is 81.7 cm³/mol. The molecule has 0 saturated heterocycles. The Bertz CT molecular complexity index is 633. The highest BCUT2D eigenvalue weighted by Crippen LogP contribution is 2.30. The van der Waals surface area contributed by atoms with Crippen molar-refractivity contribution < 1.29 is 4.74 Å². The number of hydrogen-bond acceptors (Lipinski definition) is 3. The lowest BCUT2D eigenvalue weighted by atomic mass is 9.87. The van der Waals surface area contributed by atoms with Gasteiger partial charge in [-0.1, -0.05) is 18.6 Å². The summed E-state index contributed by atoms with van der Waals surface area (Å²) in [4.78, 5) is 4.04. The van der Waals surface area contributed by atoms with Crippen molar-refractivity contribution >= 4 is 0 Å². The predicted octanol–water partition coefficient (Wildman–Crippen LogP) is 4.21. The minimum atomic E-state index is 0.0170. The van der Waals surface area contributed by atoms with Crippen LogP contribution in [-0.2, 0) is 0 Å². The van der Waals surface area contributed by atoms with Crippen LogP contribution in [0.2, 0.25) is 0 Å². The van der Waals surface area contributed by atoms with E-state index in [2.05, 4.69) is 17.1 Å². The Kier molecular flexibility index (Phi) is 4.16. The van der Waals surface area contributed by atoms with Gasteiger partial charge in [-0.2, -0.15) is 5.26 Å². The Balaban J connectivity index is 1.79. The Morgan fingerprint density at radius 3 is 2.67 bits per heavy atom. The molecule has 0 radical (unpaired) electrons. The molecule has 0 spiro atoms. The summed E-state index contributed by atoms with van der Waals surface area (Å²) < 4.78 is 6.08. The fraction of sp³-hybridized carbons (Fsp3) is 0.333. The lowest BCUT2D eigenvalue weighted by molar-refractivity contribution is 0.120. The van der Waals surface area contributed by atoms with Crippen molar-refractivity contribution in [2.75, 3.05) is 0 Å². The van der Waals surface area contributed by atoms with Crippen LogP contribution in [0.3, 0.4) is 0 Å². The van der Waals surface area contributed by atoms with E-state index in [1.165, 1.54) is 0 Å². The second kappa shape index (κ2) is 6.41. The molecule has 1 aliphatic carbocycles. The molecule has 0 aliphatic heterocycles.